The van der Waals surface area contributed by atoms with Crippen molar-refractivity contribution in [2.45, 2.75) is 52.2 Å². The SMILES string of the molecule is Cc1cc(-n2ccc(NC(=O)[C@H]3CCCN3)n2)ccc1C(=O)OC(C)(C)C. The quantitative estimate of drug-likeness (QED) is 0.809. The summed E-state index contributed by atoms with van der Waals surface area (Å²) in [6.45, 7) is 8.26. The molecule has 1 saturated heterocycles. The Morgan fingerprint density at radius 3 is 2.70 bits per heavy atom. The van der Waals surface area contributed by atoms with Crippen molar-refractivity contribution in [1.29, 1.82) is 0 Å². The van der Waals surface area contributed by atoms with E-state index in [1.54, 1.807) is 23.0 Å². The molecule has 1 aliphatic heterocycles. The average Bonchev–Trinajstić information content (AvgIpc) is 3.24. The van der Waals surface area contributed by atoms with E-state index in [1.165, 1.54) is 0 Å². The van der Waals surface area contributed by atoms with Gasteiger partial charge in [0.15, 0.2) is 5.82 Å². The molecule has 2 N–H and O–H groups in total. The molecule has 1 fully saturated rings. The number of carbonyl (C=O) groups is 2. The minimum atomic E-state index is -0.536. The van der Waals surface area contributed by atoms with Crippen molar-refractivity contribution in [2.24, 2.45) is 0 Å². The molecule has 27 heavy (non-hydrogen) atoms. The maximum atomic E-state index is 12.3. The molecule has 0 aliphatic carbocycles. The van der Waals surface area contributed by atoms with E-state index in [2.05, 4.69) is 15.7 Å². The van der Waals surface area contributed by atoms with Gasteiger partial charge in [-0.2, -0.15) is 5.10 Å². The third-order valence-corrected chi connectivity index (χ3v) is 4.31. The van der Waals surface area contributed by atoms with Gasteiger partial charge in [-0.3, -0.25) is 4.79 Å². The van der Waals surface area contributed by atoms with Crippen LogP contribution < -0.4 is 10.6 Å². The number of amides is 1. The number of rotatable bonds is 4. The first-order valence-electron chi connectivity index (χ1n) is 9.17. The summed E-state index contributed by atoms with van der Waals surface area (Å²) in [7, 11) is 0. The zero-order valence-corrected chi connectivity index (χ0v) is 16.2. The van der Waals surface area contributed by atoms with Crippen molar-refractivity contribution in [3.63, 3.8) is 0 Å². The molecule has 1 atom stereocenters. The first-order chi connectivity index (χ1) is 12.7. The molecule has 1 amide bonds. The smallest absolute Gasteiger partial charge is 0.338 e. The normalized spacial score (nSPS) is 17.0. The number of esters is 1. The van der Waals surface area contributed by atoms with Crippen molar-refractivity contribution in [3.05, 3.63) is 41.6 Å². The Balaban J connectivity index is 1.72. The number of ether oxygens (including phenoxy) is 1. The molecule has 0 saturated carbocycles. The molecule has 0 bridgehead atoms. The van der Waals surface area contributed by atoms with E-state index in [0.717, 1.165) is 30.6 Å². The molecule has 0 unspecified atom stereocenters. The first-order valence-corrected chi connectivity index (χ1v) is 9.17. The third kappa shape index (κ3) is 4.74. The van der Waals surface area contributed by atoms with E-state index in [9.17, 15) is 9.59 Å². The predicted molar refractivity (Wildman–Crippen MR) is 103 cm³/mol. The highest BCUT2D eigenvalue weighted by Crippen LogP contribution is 2.19. The summed E-state index contributed by atoms with van der Waals surface area (Å²) in [4.78, 5) is 24.5. The summed E-state index contributed by atoms with van der Waals surface area (Å²) in [6, 6.07) is 7.02. The number of aromatic nitrogens is 2. The molecule has 3 rings (SSSR count). The zero-order valence-electron chi connectivity index (χ0n) is 16.2. The highest BCUT2D eigenvalue weighted by Gasteiger charge is 2.23. The van der Waals surface area contributed by atoms with Crippen LogP contribution in [-0.2, 0) is 9.53 Å². The van der Waals surface area contributed by atoms with Gasteiger partial charge in [-0.25, -0.2) is 9.48 Å². The number of anilines is 1. The summed E-state index contributed by atoms with van der Waals surface area (Å²) in [5.41, 5.74) is 1.60. The lowest BCUT2D eigenvalue weighted by molar-refractivity contribution is -0.117. The summed E-state index contributed by atoms with van der Waals surface area (Å²) in [5, 5.41) is 10.4. The van der Waals surface area contributed by atoms with Crippen molar-refractivity contribution in [1.82, 2.24) is 15.1 Å². The van der Waals surface area contributed by atoms with Crippen LogP contribution in [0.4, 0.5) is 5.82 Å². The van der Waals surface area contributed by atoms with Crippen molar-refractivity contribution in [3.8, 4) is 5.69 Å². The topological polar surface area (TPSA) is 85.3 Å². The van der Waals surface area contributed by atoms with Crippen LogP contribution in [0, 0.1) is 6.92 Å². The maximum Gasteiger partial charge on any atom is 0.338 e. The zero-order chi connectivity index (χ0) is 19.6. The fourth-order valence-electron chi connectivity index (χ4n) is 3.01. The van der Waals surface area contributed by atoms with Gasteiger partial charge in [0.2, 0.25) is 5.91 Å². The summed E-state index contributed by atoms with van der Waals surface area (Å²) in [5.74, 6) is 0.0980. The minimum absolute atomic E-state index is 0.0609. The van der Waals surface area contributed by atoms with E-state index < -0.39 is 5.60 Å². The van der Waals surface area contributed by atoms with Crippen molar-refractivity contribution < 1.29 is 14.3 Å². The molecule has 1 aromatic heterocycles. The lowest BCUT2D eigenvalue weighted by atomic mass is 10.1. The fourth-order valence-corrected chi connectivity index (χ4v) is 3.01. The Morgan fingerprint density at radius 2 is 2.07 bits per heavy atom. The van der Waals surface area contributed by atoms with Gasteiger partial charge in [0, 0.05) is 12.3 Å². The Labute approximate surface area is 159 Å². The first kappa shape index (κ1) is 19.1. The van der Waals surface area contributed by atoms with Gasteiger partial charge < -0.3 is 15.4 Å². The number of hydrogen-bond donors (Lipinski definition) is 2. The molecule has 2 aromatic rings. The molecule has 144 valence electrons. The van der Waals surface area contributed by atoms with Gasteiger partial charge in [-0.1, -0.05) is 0 Å². The largest absolute Gasteiger partial charge is 0.456 e. The van der Waals surface area contributed by atoms with Crippen molar-refractivity contribution >= 4 is 17.7 Å². The standard InChI is InChI=1S/C20H26N4O3/c1-13-12-14(7-8-15(13)19(26)27-20(2,3)4)24-11-9-17(23-24)22-18(25)16-6-5-10-21-16/h7-9,11-12,16,21H,5-6,10H2,1-4H3,(H,22,23,25)/t16-/m1/s1. The van der Waals surface area contributed by atoms with Gasteiger partial charge in [0.1, 0.15) is 5.60 Å². The average molecular weight is 370 g/mol. The summed E-state index contributed by atoms with van der Waals surface area (Å²) in [6.07, 6.45) is 3.63. The van der Waals surface area contributed by atoms with Crippen LogP contribution in [0.15, 0.2) is 30.5 Å². The second kappa shape index (κ2) is 7.52. The molecule has 7 nitrogen and oxygen atoms in total. The monoisotopic (exact) mass is 370 g/mol. The molecule has 1 aliphatic rings. The minimum Gasteiger partial charge on any atom is -0.456 e. The molecule has 7 heteroatoms. The fraction of sp³-hybridized carbons (Fsp3) is 0.450. The van der Waals surface area contributed by atoms with E-state index in [1.807, 2.05) is 39.8 Å². The van der Waals surface area contributed by atoms with Gasteiger partial charge in [-0.05, 0) is 70.8 Å². The van der Waals surface area contributed by atoms with E-state index >= 15 is 0 Å². The van der Waals surface area contributed by atoms with Crippen LogP contribution in [0.5, 0.6) is 0 Å². The maximum absolute atomic E-state index is 12.3. The number of carbonyl (C=O) groups excluding carboxylic acids is 2. The second-order valence-corrected chi connectivity index (χ2v) is 7.78. The van der Waals surface area contributed by atoms with Crippen molar-refractivity contribution in [2.75, 3.05) is 11.9 Å². The Morgan fingerprint density at radius 1 is 1.30 bits per heavy atom. The molecule has 1 aromatic carbocycles. The van der Waals surface area contributed by atoms with E-state index in [-0.39, 0.29) is 17.9 Å². The van der Waals surface area contributed by atoms with E-state index in [0.29, 0.717) is 11.4 Å². The van der Waals surface area contributed by atoms with Gasteiger partial charge in [-0.15, -0.1) is 0 Å². The highest BCUT2D eigenvalue weighted by molar-refractivity contribution is 5.94. The predicted octanol–water partition coefficient (Wildman–Crippen LogP) is 2.83. The number of aryl methyl sites for hydroxylation is 1. The Bertz CT molecular complexity index is 845. The van der Waals surface area contributed by atoms with Gasteiger partial charge in [0.25, 0.3) is 0 Å². The Kier molecular flexibility index (Phi) is 5.32. The van der Waals surface area contributed by atoms with Crippen LogP contribution in [-0.4, -0.2) is 39.8 Å². The van der Waals surface area contributed by atoms with Crippen LogP contribution in [0.2, 0.25) is 0 Å². The molecular weight excluding hydrogens is 344 g/mol. The van der Waals surface area contributed by atoms with Crippen LogP contribution in [0.1, 0.15) is 49.5 Å². The summed E-state index contributed by atoms with van der Waals surface area (Å²) < 4.78 is 7.10. The Hall–Kier alpha value is -2.67. The molecular formula is C20H26N4O3. The van der Waals surface area contributed by atoms with Crippen LogP contribution >= 0.6 is 0 Å². The molecule has 2 heterocycles. The second-order valence-electron chi connectivity index (χ2n) is 7.78. The van der Waals surface area contributed by atoms with Gasteiger partial charge >= 0.3 is 5.97 Å². The summed E-state index contributed by atoms with van der Waals surface area (Å²) >= 11 is 0. The third-order valence-electron chi connectivity index (χ3n) is 4.31. The number of benzene rings is 1. The van der Waals surface area contributed by atoms with Gasteiger partial charge in [0.05, 0.1) is 17.3 Å². The lowest BCUT2D eigenvalue weighted by Crippen LogP contribution is -2.35. The number of nitrogens with zero attached hydrogens (tertiary/aromatic N) is 2. The number of hydrogen-bond acceptors (Lipinski definition) is 5. The van der Waals surface area contributed by atoms with E-state index in [4.69, 9.17) is 4.74 Å². The van der Waals surface area contributed by atoms with Crippen LogP contribution in [0.25, 0.3) is 5.69 Å². The molecule has 0 spiro atoms. The number of nitrogens with one attached hydrogen (secondary N) is 2. The molecule has 0 radical (unpaired) electrons. The highest BCUT2D eigenvalue weighted by atomic mass is 16.6. The van der Waals surface area contributed by atoms with Crippen LogP contribution in [0.3, 0.4) is 0 Å². The lowest BCUT2D eigenvalue weighted by Gasteiger charge is -2.20.